The highest BCUT2D eigenvalue weighted by molar-refractivity contribution is 14.1. The number of rotatable bonds is 1. The maximum atomic E-state index is 11.2. The Labute approximate surface area is 103 Å². The molecule has 2 nitrogen and oxygen atoms in total. The Morgan fingerprint density at radius 3 is 2.77 bits per heavy atom. The van der Waals surface area contributed by atoms with Crippen molar-refractivity contribution in [1.29, 1.82) is 0 Å². The zero-order valence-electron chi connectivity index (χ0n) is 6.61. The van der Waals surface area contributed by atoms with Crippen LogP contribution in [0.15, 0.2) is 16.6 Å². The van der Waals surface area contributed by atoms with Gasteiger partial charge in [-0.05, 0) is 50.7 Å². The zero-order chi connectivity index (χ0) is 10.0. The van der Waals surface area contributed by atoms with Crippen LogP contribution in [-0.2, 0) is 4.74 Å². The van der Waals surface area contributed by atoms with Gasteiger partial charge in [0.2, 0.25) is 0 Å². The molecular weight excluding hydrogens is 370 g/mol. The van der Waals surface area contributed by atoms with Gasteiger partial charge >= 0.3 is 5.97 Å². The number of halogens is 3. The van der Waals surface area contributed by atoms with Crippen molar-refractivity contribution in [2.75, 3.05) is 7.11 Å². The molecule has 0 aliphatic carbocycles. The van der Waals surface area contributed by atoms with Crippen LogP contribution in [0.3, 0.4) is 0 Å². The van der Waals surface area contributed by atoms with Crippen molar-refractivity contribution < 1.29 is 9.53 Å². The van der Waals surface area contributed by atoms with E-state index in [2.05, 4.69) is 43.3 Å². The van der Waals surface area contributed by atoms with Crippen LogP contribution >= 0.6 is 50.1 Å². The molecule has 0 N–H and O–H groups in total. The van der Waals surface area contributed by atoms with Gasteiger partial charge in [-0.3, -0.25) is 0 Å². The lowest BCUT2D eigenvalue weighted by Crippen LogP contribution is -2.02. The van der Waals surface area contributed by atoms with Gasteiger partial charge in [0, 0.05) is 8.04 Å². The number of carbonyl (C=O) groups excluding carboxylic acids is 1. The van der Waals surface area contributed by atoms with Gasteiger partial charge in [0.05, 0.1) is 17.7 Å². The third-order valence-electron chi connectivity index (χ3n) is 1.42. The largest absolute Gasteiger partial charge is 0.465 e. The summed E-state index contributed by atoms with van der Waals surface area (Å²) < 4.78 is 6.35. The Hall–Kier alpha value is 0.190. The average Bonchev–Trinajstić information content (AvgIpc) is 2.10. The Morgan fingerprint density at radius 1 is 1.62 bits per heavy atom. The van der Waals surface area contributed by atoms with E-state index in [0.29, 0.717) is 10.6 Å². The van der Waals surface area contributed by atoms with E-state index in [1.165, 1.54) is 7.11 Å². The van der Waals surface area contributed by atoms with Crippen LogP contribution in [0, 0.1) is 3.57 Å². The summed E-state index contributed by atoms with van der Waals surface area (Å²) in [6.07, 6.45) is 0. The van der Waals surface area contributed by atoms with Gasteiger partial charge in [-0.15, -0.1) is 0 Å². The van der Waals surface area contributed by atoms with Gasteiger partial charge < -0.3 is 4.74 Å². The smallest absolute Gasteiger partial charge is 0.339 e. The summed E-state index contributed by atoms with van der Waals surface area (Å²) in [6.45, 7) is 0. The monoisotopic (exact) mass is 374 g/mol. The molecule has 0 radical (unpaired) electrons. The van der Waals surface area contributed by atoms with Crippen molar-refractivity contribution in [3.8, 4) is 0 Å². The molecule has 1 rings (SSSR count). The quantitative estimate of drug-likeness (QED) is 0.427. The topological polar surface area (TPSA) is 26.3 Å². The third kappa shape index (κ3) is 2.57. The molecule has 13 heavy (non-hydrogen) atoms. The Balaban J connectivity index is 3.23. The van der Waals surface area contributed by atoms with Crippen LogP contribution in [-0.4, -0.2) is 13.1 Å². The van der Waals surface area contributed by atoms with E-state index in [9.17, 15) is 4.79 Å². The van der Waals surface area contributed by atoms with E-state index >= 15 is 0 Å². The second kappa shape index (κ2) is 4.61. The summed E-state index contributed by atoms with van der Waals surface area (Å²) >= 11 is 11.3. The zero-order valence-corrected chi connectivity index (χ0v) is 11.1. The molecule has 0 aliphatic heterocycles. The first-order valence-corrected chi connectivity index (χ1v) is 5.54. The minimum Gasteiger partial charge on any atom is -0.465 e. The molecule has 0 saturated heterocycles. The maximum Gasteiger partial charge on any atom is 0.339 e. The molecule has 0 amide bonds. The fraction of sp³-hybridized carbons (Fsp3) is 0.125. The van der Waals surface area contributed by atoms with Gasteiger partial charge in [0.25, 0.3) is 0 Å². The van der Waals surface area contributed by atoms with Gasteiger partial charge in [-0.2, -0.15) is 0 Å². The van der Waals surface area contributed by atoms with E-state index < -0.39 is 5.97 Å². The van der Waals surface area contributed by atoms with E-state index in [-0.39, 0.29) is 0 Å². The molecule has 0 spiro atoms. The van der Waals surface area contributed by atoms with Crippen molar-refractivity contribution in [3.63, 3.8) is 0 Å². The van der Waals surface area contributed by atoms with Crippen molar-refractivity contribution in [2.24, 2.45) is 0 Å². The van der Waals surface area contributed by atoms with Crippen LogP contribution < -0.4 is 0 Å². The van der Waals surface area contributed by atoms with Crippen molar-refractivity contribution in [3.05, 3.63) is 30.8 Å². The second-order valence-corrected chi connectivity index (χ2v) is 4.66. The fourth-order valence-electron chi connectivity index (χ4n) is 0.789. The van der Waals surface area contributed by atoms with Crippen LogP contribution in [0.1, 0.15) is 10.4 Å². The van der Waals surface area contributed by atoms with Gasteiger partial charge in [-0.1, -0.05) is 11.6 Å². The van der Waals surface area contributed by atoms with Crippen LogP contribution in [0.4, 0.5) is 0 Å². The minimum atomic E-state index is -0.429. The highest BCUT2D eigenvalue weighted by atomic mass is 127. The Morgan fingerprint density at radius 2 is 2.23 bits per heavy atom. The molecule has 1 aromatic rings. The molecule has 0 aliphatic rings. The van der Waals surface area contributed by atoms with Gasteiger partial charge in [0.15, 0.2) is 0 Å². The molecule has 0 atom stereocenters. The molecule has 0 unspecified atom stereocenters. The van der Waals surface area contributed by atoms with E-state index in [4.69, 9.17) is 11.6 Å². The fourth-order valence-corrected chi connectivity index (χ4v) is 2.02. The SMILES string of the molecule is COC(=O)c1cc(Br)c(I)cc1Cl. The number of benzene rings is 1. The highest BCUT2D eigenvalue weighted by Gasteiger charge is 2.12. The van der Waals surface area contributed by atoms with Gasteiger partial charge in [0.1, 0.15) is 0 Å². The molecule has 0 fully saturated rings. The van der Waals surface area contributed by atoms with Gasteiger partial charge in [-0.25, -0.2) is 4.79 Å². The lowest BCUT2D eigenvalue weighted by atomic mass is 10.2. The summed E-state index contributed by atoms with van der Waals surface area (Å²) in [6, 6.07) is 3.36. The van der Waals surface area contributed by atoms with Crippen LogP contribution in [0.5, 0.6) is 0 Å². The maximum absolute atomic E-state index is 11.2. The minimum absolute atomic E-state index is 0.372. The molecular formula is C8H5BrClIO2. The van der Waals surface area contributed by atoms with Crippen molar-refractivity contribution in [2.45, 2.75) is 0 Å². The lowest BCUT2D eigenvalue weighted by Gasteiger charge is -2.04. The Bertz CT molecular complexity index is 354. The molecule has 70 valence electrons. The van der Waals surface area contributed by atoms with E-state index in [0.717, 1.165) is 8.04 Å². The molecule has 0 heterocycles. The molecule has 0 aromatic heterocycles. The summed E-state index contributed by atoms with van der Waals surface area (Å²) in [7, 11) is 1.32. The summed E-state index contributed by atoms with van der Waals surface area (Å²) in [5.74, 6) is -0.429. The van der Waals surface area contributed by atoms with E-state index in [1.807, 2.05) is 0 Å². The number of hydrogen-bond acceptors (Lipinski definition) is 2. The number of hydrogen-bond donors (Lipinski definition) is 0. The summed E-state index contributed by atoms with van der Waals surface area (Å²) in [4.78, 5) is 11.2. The van der Waals surface area contributed by atoms with Crippen molar-refractivity contribution in [1.82, 2.24) is 0 Å². The van der Waals surface area contributed by atoms with Crippen LogP contribution in [0.25, 0.3) is 0 Å². The number of ether oxygens (including phenoxy) is 1. The number of methoxy groups -OCH3 is 1. The lowest BCUT2D eigenvalue weighted by molar-refractivity contribution is 0.0601. The third-order valence-corrected chi connectivity index (χ3v) is 4.02. The number of carbonyl (C=O) groups is 1. The predicted molar refractivity (Wildman–Crippen MR) is 63.2 cm³/mol. The van der Waals surface area contributed by atoms with Crippen molar-refractivity contribution >= 4 is 56.1 Å². The molecule has 0 bridgehead atoms. The summed E-state index contributed by atoms with van der Waals surface area (Å²) in [5, 5.41) is 0.402. The number of esters is 1. The first-order valence-electron chi connectivity index (χ1n) is 3.29. The standard InChI is InChI=1S/C8H5BrClIO2/c1-13-8(12)4-2-5(9)7(11)3-6(4)10/h2-3H,1H3. The second-order valence-electron chi connectivity index (χ2n) is 2.24. The highest BCUT2D eigenvalue weighted by Crippen LogP contribution is 2.27. The predicted octanol–water partition coefficient (Wildman–Crippen LogP) is 3.49. The molecule has 1 aromatic carbocycles. The van der Waals surface area contributed by atoms with E-state index in [1.54, 1.807) is 12.1 Å². The molecule has 5 heteroatoms. The first kappa shape index (κ1) is 11.3. The normalized spacial score (nSPS) is 9.85. The first-order chi connectivity index (χ1) is 6.06. The molecule has 0 saturated carbocycles. The average molecular weight is 375 g/mol. The Kier molecular flexibility index (Phi) is 4.00. The summed E-state index contributed by atoms with van der Waals surface area (Å²) in [5.41, 5.74) is 0.372. The van der Waals surface area contributed by atoms with Crippen LogP contribution in [0.2, 0.25) is 5.02 Å².